The molecule has 2 heterocycles. The lowest BCUT2D eigenvalue weighted by Gasteiger charge is -2.47. The van der Waals surface area contributed by atoms with Gasteiger partial charge in [-0.25, -0.2) is 4.79 Å². The third-order valence-corrected chi connectivity index (χ3v) is 7.16. The summed E-state index contributed by atoms with van der Waals surface area (Å²) >= 11 is 0. The monoisotopic (exact) mass is 370 g/mol. The van der Waals surface area contributed by atoms with E-state index in [1.807, 2.05) is 12.4 Å². The molecule has 148 valence electrons. The second-order valence-corrected chi connectivity index (χ2v) is 9.01. The van der Waals surface area contributed by atoms with Crippen molar-refractivity contribution in [3.05, 3.63) is 24.5 Å². The number of rotatable bonds is 4. The number of hydrogen-bond acceptors (Lipinski definition) is 3. The van der Waals surface area contributed by atoms with Gasteiger partial charge in [-0.2, -0.15) is 0 Å². The van der Waals surface area contributed by atoms with Crippen LogP contribution in [0.15, 0.2) is 24.5 Å². The van der Waals surface area contributed by atoms with Gasteiger partial charge in [0.2, 0.25) is 0 Å². The van der Waals surface area contributed by atoms with Crippen molar-refractivity contribution >= 4 is 11.7 Å². The summed E-state index contributed by atoms with van der Waals surface area (Å²) in [5.74, 6) is 1.64. The van der Waals surface area contributed by atoms with Crippen molar-refractivity contribution < 1.29 is 4.79 Å². The molecule has 2 amide bonds. The van der Waals surface area contributed by atoms with Gasteiger partial charge in [0, 0.05) is 42.8 Å². The van der Waals surface area contributed by atoms with Crippen molar-refractivity contribution in [1.29, 1.82) is 0 Å². The van der Waals surface area contributed by atoms with Crippen LogP contribution in [0.4, 0.5) is 10.5 Å². The molecule has 0 radical (unpaired) electrons. The molecule has 2 atom stereocenters. The van der Waals surface area contributed by atoms with Crippen molar-refractivity contribution in [2.45, 2.75) is 76.3 Å². The van der Waals surface area contributed by atoms with E-state index in [9.17, 15) is 4.79 Å². The molecule has 1 saturated heterocycles. The quantitative estimate of drug-likeness (QED) is 0.839. The Balaban J connectivity index is 1.28. The maximum atomic E-state index is 12.8. The predicted octanol–water partition coefficient (Wildman–Crippen LogP) is 4.10. The minimum Gasteiger partial charge on any atom is -0.371 e. The molecule has 0 aromatic carbocycles. The molecule has 27 heavy (non-hydrogen) atoms. The number of aromatic nitrogens is 1. The van der Waals surface area contributed by atoms with Crippen LogP contribution in [0, 0.1) is 11.8 Å². The molecule has 1 aliphatic heterocycles. The number of fused-ring (bicyclic) bond motifs is 2. The first-order valence-corrected chi connectivity index (χ1v) is 10.9. The molecular formula is C22H34N4O. The number of anilines is 1. The van der Waals surface area contributed by atoms with Gasteiger partial charge >= 0.3 is 6.03 Å². The molecule has 4 rings (SSSR count). The van der Waals surface area contributed by atoms with Crippen LogP contribution in [0.5, 0.6) is 0 Å². The first-order chi connectivity index (χ1) is 13.2. The minimum absolute atomic E-state index is 0.0236. The molecule has 2 aliphatic carbocycles. The lowest BCUT2D eigenvalue weighted by Crippen LogP contribution is -2.58. The van der Waals surface area contributed by atoms with Crippen molar-refractivity contribution in [2.24, 2.45) is 11.8 Å². The van der Waals surface area contributed by atoms with Crippen LogP contribution in [0.1, 0.15) is 64.7 Å². The predicted molar refractivity (Wildman–Crippen MR) is 109 cm³/mol. The molecule has 3 fully saturated rings. The third-order valence-electron chi connectivity index (χ3n) is 7.16. The molecule has 1 aromatic rings. The lowest BCUT2D eigenvalue weighted by molar-refractivity contribution is 0.0897. The maximum absolute atomic E-state index is 12.8. The fourth-order valence-corrected chi connectivity index (χ4v) is 5.74. The van der Waals surface area contributed by atoms with Crippen LogP contribution in [0.25, 0.3) is 0 Å². The van der Waals surface area contributed by atoms with Gasteiger partial charge in [0.1, 0.15) is 0 Å². The third kappa shape index (κ3) is 4.39. The van der Waals surface area contributed by atoms with Crippen molar-refractivity contribution in [3.8, 4) is 0 Å². The van der Waals surface area contributed by atoms with E-state index in [1.54, 1.807) is 0 Å². The van der Waals surface area contributed by atoms with Crippen LogP contribution < -0.4 is 15.5 Å². The molecule has 0 spiro atoms. The highest BCUT2D eigenvalue weighted by Crippen LogP contribution is 2.45. The van der Waals surface area contributed by atoms with Crippen molar-refractivity contribution in [1.82, 2.24) is 15.6 Å². The van der Waals surface area contributed by atoms with Gasteiger partial charge in [-0.1, -0.05) is 26.2 Å². The van der Waals surface area contributed by atoms with Gasteiger partial charge < -0.3 is 15.5 Å². The maximum Gasteiger partial charge on any atom is 0.315 e. The number of hydrogen-bond donors (Lipinski definition) is 2. The average molecular weight is 371 g/mol. The van der Waals surface area contributed by atoms with E-state index in [1.165, 1.54) is 44.2 Å². The number of urea groups is 1. The number of amides is 2. The van der Waals surface area contributed by atoms with E-state index < -0.39 is 0 Å². The van der Waals surface area contributed by atoms with Crippen LogP contribution in [-0.2, 0) is 0 Å². The van der Waals surface area contributed by atoms with E-state index in [-0.39, 0.29) is 17.6 Å². The topological polar surface area (TPSA) is 57.3 Å². The largest absolute Gasteiger partial charge is 0.371 e. The van der Waals surface area contributed by atoms with Gasteiger partial charge in [-0.15, -0.1) is 0 Å². The Hall–Kier alpha value is -1.78. The molecule has 2 unspecified atom stereocenters. The van der Waals surface area contributed by atoms with Gasteiger partial charge in [-0.3, -0.25) is 4.98 Å². The Kier molecular flexibility index (Phi) is 5.55. The normalized spacial score (nSPS) is 31.4. The summed E-state index contributed by atoms with van der Waals surface area (Å²) in [5.41, 5.74) is 1.25. The fourth-order valence-electron chi connectivity index (χ4n) is 5.74. The molecule has 2 saturated carbocycles. The Labute approximate surface area is 163 Å². The second-order valence-electron chi connectivity index (χ2n) is 9.01. The van der Waals surface area contributed by atoms with Gasteiger partial charge in [0.05, 0.1) is 0 Å². The van der Waals surface area contributed by atoms with Crippen LogP contribution in [0.2, 0.25) is 0 Å². The molecule has 5 heteroatoms. The standard InChI is InChI=1S/C22H34N4O/c1-2-22(15-17-4-3-5-18(14-17)16-22)25-21(27)24-19-8-12-26(13-9-19)20-6-10-23-11-7-20/h6-7,10-11,17-19H,2-5,8-9,12-16H2,1H3,(H2,24,25,27). The van der Waals surface area contributed by atoms with Crippen LogP contribution >= 0.6 is 0 Å². The second kappa shape index (κ2) is 8.07. The number of carbonyl (C=O) groups excluding carboxylic acids is 1. The van der Waals surface area contributed by atoms with E-state index in [2.05, 4.69) is 39.6 Å². The van der Waals surface area contributed by atoms with Crippen molar-refractivity contribution in [2.75, 3.05) is 18.0 Å². The average Bonchev–Trinajstić information content (AvgIpc) is 2.69. The summed E-state index contributed by atoms with van der Waals surface area (Å²) in [6.45, 7) is 4.21. The summed E-state index contributed by atoms with van der Waals surface area (Å²) in [7, 11) is 0. The highest BCUT2D eigenvalue weighted by atomic mass is 16.2. The van der Waals surface area contributed by atoms with Gasteiger partial charge in [0.25, 0.3) is 0 Å². The van der Waals surface area contributed by atoms with E-state index >= 15 is 0 Å². The highest BCUT2D eigenvalue weighted by molar-refractivity contribution is 5.75. The zero-order valence-corrected chi connectivity index (χ0v) is 16.6. The van der Waals surface area contributed by atoms with E-state index in [4.69, 9.17) is 0 Å². The number of pyridine rings is 1. The summed E-state index contributed by atoms with van der Waals surface area (Å²) < 4.78 is 0. The van der Waals surface area contributed by atoms with Crippen molar-refractivity contribution in [3.63, 3.8) is 0 Å². The number of nitrogens with zero attached hydrogens (tertiary/aromatic N) is 2. The van der Waals surface area contributed by atoms with Gasteiger partial charge in [0.15, 0.2) is 0 Å². The first kappa shape index (κ1) is 18.6. The smallest absolute Gasteiger partial charge is 0.315 e. The Morgan fingerprint density at radius 2 is 1.81 bits per heavy atom. The van der Waals surface area contributed by atoms with Crippen LogP contribution in [-0.4, -0.2) is 35.7 Å². The first-order valence-electron chi connectivity index (χ1n) is 10.9. The minimum atomic E-state index is 0.0236. The Morgan fingerprint density at radius 3 is 2.44 bits per heavy atom. The summed E-state index contributed by atoms with van der Waals surface area (Å²) in [5, 5.41) is 6.70. The zero-order valence-electron chi connectivity index (χ0n) is 16.6. The molecule has 2 bridgehead atoms. The Bertz CT molecular complexity index is 614. The molecule has 2 N–H and O–H groups in total. The summed E-state index contributed by atoms with van der Waals surface area (Å²) in [4.78, 5) is 19.2. The molecular weight excluding hydrogens is 336 g/mol. The fraction of sp³-hybridized carbons (Fsp3) is 0.727. The molecule has 3 aliphatic rings. The lowest BCUT2D eigenvalue weighted by atomic mass is 9.64. The zero-order chi connectivity index (χ0) is 18.7. The SMILES string of the molecule is CCC1(NC(=O)NC2CCN(c3ccncc3)CC2)CC2CCCC(C2)C1. The highest BCUT2D eigenvalue weighted by Gasteiger charge is 2.42. The molecule has 1 aromatic heterocycles. The number of carbonyl (C=O) groups is 1. The number of piperidine rings is 1. The molecule has 5 nitrogen and oxygen atoms in total. The summed E-state index contributed by atoms with van der Waals surface area (Å²) in [6.07, 6.45) is 14.6. The van der Waals surface area contributed by atoms with E-state index in [0.717, 1.165) is 44.2 Å². The number of nitrogens with one attached hydrogen (secondary N) is 2. The van der Waals surface area contributed by atoms with Crippen LogP contribution in [0.3, 0.4) is 0 Å². The van der Waals surface area contributed by atoms with E-state index in [0.29, 0.717) is 0 Å². The van der Waals surface area contributed by atoms with Gasteiger partial charge in [-0.05, 0) is 62.5 Å². The Morgan fingerprint density at radius 1 is 1.15 bits per heavy atom. The summed E-state index contributed by atoms with van der Waals surface area (Å²) in [6, 6.07) is 4.45.